The highest BCUT2D eigenvalue weighted by Crippen LogP contribution is 2.67. The van der Waals surface area contributed by atoms with Crippen molar-refractivity contribution in [3.63, 3.8) is 0 Å². The van der Waals surface area contributed by atoms with Crippen LogP contribution in [0.5, 0.6) is 0 Å². The number of aliphatic hydroxyl groups is 1. The zero-order chi connectivity index (χ0) is 25.1. The van der Waals surface area contributed by atoms with Crippen LogP contribution in [0.2, 0.25) is 0 Å². The number of fused-ring (bicyclic) bond motifs is 5. The maximum absolute atomic E-state index is 13.5. The lowest BCUT2D eigenvalue weighted by Crippen LogP contribution is -2.57. The molecule has 1 N–H and O–H groups in total. The number of nitrogens with zero attached hydrogens (tertiary/aromatic N) is 1. The third kappa shape index (κ3) is 4.06. The summed E-state index contributed by atoms with van der Waals surface area (Å²) >= 11 is 0. The summed E-state index contributed by atoms with van der Waals surface area (Å²) in [6, 6.07) is 0. The third-order valence-electron chi connectivity index (χ3n) is 11.2. The molecule has 0 radical (unpaired) electrons. The van der Waals surface area contributed by atoms with Crippen LogP contribution in [-0.2, 0) is 24.0 Å². The Morgan fingerprint density at radius 3 is 2.40 bits per heavy atom. The lowest BCUT2D eigenvalue weighted by atomic mass is 9.44. The number of carbonyl (C=O) groups is 4. The van der Waals surface area contributed by atoms with Gasteiger partial charge in [-0.2, -0.15) is 0 Å². The van der Waals surface area contributed by atoms with Crippen LogP contribution < -0.4 is 0 Å². The molecule has 0 spiro atoms. The minimum absolute atomic E-state index is 0.0956. The predicted molar refractivity (Wildman–Crippen MR) is 127 cm³/mol. The second-order valence-electron chi connectivity index (χ2n) is 12.8. The Morgan fingerprint density at radius 1 is 1.03 bits per heavy atom. The van der Waals surface area contributed by atoms with Crippen molar-refractivity contribution < 1.29 is 29.1 Å². The number of imide groups is 1. The fourth-order valence-corrected chi connectivity index (χ4v) is 9.24. The van der Waals surface area contributed by atoms with Gasteiger partial charge in [-0.15, -0.1) is 5.06 Å². The molecule has 7 nitrogen and oxygen atoms in total. The van der Waals surface area contributed by atoms with Crippen molar-refractivity contribution >= 4 is 23.6 Å². The van der Waals surface area contributed by atoms with Crippen LogP contribution in [0.3, 0.4) is 0 Å². The van der Waals surface area contributed by atoms with Crippen molar-refractivity contribution in [1.29, 1.82) is 0 Å². The molecule has 7 heteroatoms. The van der Waals surface area contributed by atoms with Crippen LogP contribution in [0.1, 0.15) is 97.8 Å². The van der Waals surface area contributed by atoms with Gasteiger partial charge >= 0.3 is 5.97 Å². The monoisotopic (exact) mass is 487 g/mol. The van der Waals surface area contributed by atoms with E-state index in [1.54, 1.807) is 0 Å². The first kappa shape index (κ1) is 24.9. The number of hydrogen-bond donors (Lipinski definition) is 1. The normalized spacial score (nSPS) is 44.0. The molecule has 0 aromatic heterocycles. The summed E-state index contributed by atoms with van der Waals surface area (Å²) in [6.45, 7) is 6.98. The molecule has 5 rings (SSSR count). The van der Waals surface area contributed by atoms with Gasteiger partial charge in [0.2, 0.25) is 0 Å². The molecule has 0 aromatic carbocycles. The van der Waals surface area contributed by atoms with Gasteiger partial charge < -0.3 is 9.94 Å². The molecule has 194 valence electrons. The van der Waals surface area contributed by atoms with Crippen molar-refractivity contribution in [3.05, 3.63) is 0 Å². The van der Waals surface area contributed by atoms with Crippen molar-refractivity contribution in [1.82, 2.24) is 5.06 Å². The first-order valence-corrected chi connectivity index (χ1v) is 13.8. The quantitative estimate of drug-likeness (QED) is 0.583. The average Bonchev–Trinajstić information content (AvgIpc) is 3.32. The molecule has 5 aliphatic rings. The standard InChI is InChI=1S/C28H41NO6/c1-16(4-9-25(34)35-29-23(32)7-8-24(29)33)19-5-6-20-26-21(11-13-28(19,20)3)27(2)12-10-18(30)14-17(27)15-22(26)31/h16-21,26,30H,4-15H2,1-3H3/t16-,17+,18-,19-,20+,21+,26+,27+,28-/m1/s1. The van der Waals surface area contributed by atoms with E-state index in [4.69, 9.17) is 4.84 Å². The van der Waals surface area contributed by atoms with E-state index in [1.165, 1.54) is 0 Å². The minimum atomic E-state index is -0.523. The molecule has 9 atom stereocenters. The Kier molecular flexibility index (Phi) is 6.38. The minimum Gasteiger partial charge on any atom is -0.393 e. The van der Waals surface area contributed by atoms with Crippen LogP contribution in [-0.4, -0.2) is 39.8 Å². The number of aliphatic hydroxyl groups excluding tert-OH is 1. The molecule has 2 amide bonds. The van der Waals surface area contributed by atoms with Crippen LogP contribution >= 0.6 is 0 Å². The second-order valence-corrected chi connectivity index (χ2v) is 12.8. The van der Waals surface area contributed by atoms with Gasteiger partial charge in [-0.3, -0.25) is 14.4 Å². The SMILES string of the molecule is C[C@H](CCC(=O)ON1C(=O)CCC1=O)[C@H]1CC[C@H]2[C@@H]3C(=O)C[C@@H]4C[C@H](O)CC[C@]4(C)[C@H]3CC[C@]12C. The van der Waals surface area contributed by atoms with E-state index in [0.29, 0.717) is 53.3 Å². The second kappa shape index (κ2) is 8.97. The van der Waals surface area contributed by atoms with Crippen LogP contribution in [0.25, 0.3) is 0 Å². The van der Waals surface area contributed by atoms with Crippen molar-refractivity contribution in [2.75, 3.05) is 0 Å². The van der Waals surface area contributed by atoms with E-state index >= 15 is 0 Å². The van der Waals surface area contributed by atoms with Gasteiger partial charge in [-0.05, 0) is 91.8 Å². The number of ketones is 1. The molecule has 1 heterocycles. The van der Waals surface area contributed by atoms with Gasteiger partial charge in [0, 0.05) is 31.6 Å². The van der Waals surface area contributed by atoms with Crippen molar-refractivity contribution in [2.24, 2.45) is 46.3 Å². The number of amides is 2. The number of rotatable bonds is 5. The largest absolute Gasteiger partial charge is 0.393 e. The van der Waals surface area contributed by atoms with Gasteiger partial charge in [0.05, 0.1) is 6.10 Å². The molecule has 35 heavy (non-hydrogen) atoms. The summed E-state index contributed by atoms with van der Waals surface area (Å²) in [6.07, 6.45) is 8.43. The van der Waals surface area contributed by atoms with E-state index in [1.807, 2.05) is 0 Å². The first-order valence-electron chi connectivity index (χ1n) is 13.8. The Hall–Kier alpha value is -1.76. The summed E-state index contributed by atoms with van der Waals surface area (Å²) < 4.78 is 0. The maximum Gasteiger partial charge on any atom is 0.333 e. The van der Waals surface area contributed by atoms with Gasteiger partial charge in [0.15, 0.2) is 0 Å². The molecule has 1 saturated heterocycles. The fraction of sp³-hybridized carbons (Fsp3) is 0.857. The molecular formula is C28H41NO6. The fourth-order valence-electron chi connectivity index (χ4n) is 9.24. The topological polar surface area (TPSA) is 101 Å². The average molecular weight is 488 g/mol. The highest BCUT2D eigenvalue weighted by Gasteiger charge is 2.63. The van der Waals surface area contributed by atoms with E-state index in [-0.39, 0.29) is 42.1 Å². The summed E-state index contributed by atoms with van der Waals surface area (Å²) in [5, 5.41) is 10.9. The van der Waals surface area contributed by atoms with Crippen molar-refractivity contribution in [2.45, 2.75) is 104 Å². The Labute approximate surface area is 208 Å². The first-order chi connectivity index (χ1) is 16.5. The number of carbonyl (C=O) groups excluding carboxylic acids is 4. The van der Waals surface area contributed by atoms with E-state index in [2.05, 4.69) is 20.8 Å². The van der Waals surface area contributed by atoms with Gasteiger partial charge in [-0.25, -0.2) is 4.79 Å². The molecule has 0 bridgehead atoms. The van der Waals surface area contributed by atoms with E-state index in [0.717, 1.165) is 44.9 Å². The lowest BCUT2D eigenvalue weighted by molar-refractivity contribution is -0.197. The van der Waals surface area contributed by atoms with E-state index < -0.39 is 17.8 Å². The van der Waals surface area contributed by atoms with Gasteiger partial charge in [0.25, 0.3) is 11.8 Å². The van der Waals surface area contributed by atoms with Crippen LogP contribution in [0.4, 0.5) is 0 Å². The zero-order valence-corrected chi connectivity index (χ0v) is 21.5. The zero-order valence-electron chi connectivity index (χ0n) is 21.5. The Bertz CT molecular complexity index is 901. The Morgan fingerprint density at radius 2 is 1.69 bits per heavy atom. The molecule has 0 aromatic rings. The molecule has 4 saturated carbocycles. The van der Waals surface area contributed by atoms with Gasteiger partial charge in [-0.1, -0.05) is 20.8 Å². The third-order valence-corrected chi connectivity index (χ3v) is 11.2. The smallest absolute Gasteiger partial charge is 0.333 e. The summed E-state index contributed by atoms with van der Waals surface area (Å²) in [7, 11) is 0. The number of hydrogen-bond acceptors (Lipinski definition) is 6. The van der Waals surface area contributed by atoms with Crippen LogP contribution in [0.15, 0.2) is 0 Å². The predicted octanol–water partition coefficient (Wildman–Crippen LogP) is 4.21. The molecule has 4 aliphatic carbocycles. The molecule has 5 fully saturated rings. The highest BCUT2D eigenvalue weighted by molar-refractivity contribution is 6.01. The highest BCUT2D eigenvalue weighted by atomic mass is 16.7. The molecule has 1 aliphatic heterocycles. The lowest BCUT2D eigenvalue weighted by Gasteiger charge is -2.60. The van der Waals surface area contributed by atoms with Crippen LogP contribution in [0, 0.1) is 46.3 Å². The molecule has 0 unspecified atom stereocenters. The number of hydroxylamine groups is 2. The maximum atomic E-state index is 13.5. The van der Waals surface area contributed by atoms with Gasteiger partial charge in [0.1, 0.15) is 5.78 Å². The van der Waals surface area contributed by atoms with E-state index in [9.17, 15) is 24.3 Å². The summed E-state index contributed by atoms with van der Waals surface area (Å²) in [4.78, 5) is 54.4. The number of Topliss-reactive ketones (excluding diaryl/α,β-unsaturated/α-hetero) is 1. The Balaban J connectivity index is 1.24. The molecular weight excluding hydrogens is 446 g/mol. The summed E-state index contributed by atoms with van der Waals surface area (Å²) in [5.41, 5.74) is 0.259. The van der Waals surface area contributed by atoms with Crippen molar-refractivity contribution in [3.8, 4) is 0 Å². The summed E-state index contributed by atoms with van der Waals surface area (Å²) in [5.74, 6) is 1.05.